The van der Waals surface area contributed by atoms with Gasteiger partial charge >= 0.3 is 6.18 Å². The summed E-state index contributed by atoms with van der Waals surface area (Å²) in [6.07, 6.45) is -6.58. The maximum atomic E-state index is 11.7. The number of rotatable bonds is 4. The lowest BCUT2D eigenvalue weighted by atomic mass is 10.3. The van der Waals surface area contributed by atoms with Crippen LogP contribution in [-0.2, 0) is 9.53 Å². The molecule has 0 aromatic heterocycles. The highest BCUT2D eigenvalue weighted by Gasteiger charge is 2.32. The predicted molar refractivity (Wildman–Crippen MR) is 50.1 cm³/mol. The summed E-state index contributed by atoms with van der Waals surface area (Å²) in [6, 6.07) is 0. The molecule has 0 aliphatic carbocycles. The van der Waals surface area contributed by atoms with E-state index in [-0.39, 0.29) is 26.1 Å². The number of hydrogen-bond donors (Lipinski definition) is 2. The highest BCUT2D eigenvalue weighted by Crippen LogP contribution is 2.15. The van der Waals surface area contributed by atoms with Gasteiger partial charge in [0.1, 0.15) is 6.61 Å². The molecule has 2 unspecified atom stereocenters. The summed E-state index contributed by atoms with van der Waals surface area (Å²) in [7, 11) is 0. The van der Waals surface area contributed by atoms with Gasteiger partial charge in [-0.25, -0.2) is 0 Å². The van der Waals surface area contributed by atoms with Crippen LogP contribution >= 0.6 is 0 Å². The normalized spacial score (nSPS) is 25.4. The first-order valence-corrected chi connectivity index (χ1v) is 5.08. The Hall–Kier alpha value is -0.860. The van der Waals surface area contributed by atoms with Crippen LogP contribution in [0.3, 0.4) is 0 Å². The number of halogens is 3. The Morgan fingerprint density at radius 2 is 1.82 bits per heavy atom. The minimum absolute atomic E-state index is 0.000723. The van der Waals surface area contributed by atoms with Gasteiger partial charge in [-0.3, -0.25) is 4.79 Å². The van der Waals surface area contributed by atoms with E-state index in [0.717, 1.165) is 0 Å². The fourth-order valence-corrected chi connectivity index (χ4v) is 1.48. The van der Waals surface area contributed by atoms with Crippen molar-refractivity contribution in [2.24, 2.45) is 0 Å². The van der Waals surface area contributed by atoms with Crippen LogP contribution in [-0.4, -0.2) is 65.7 Å². The van der Waals surface area contributed by atoms with Crippen LogP contribution in [0, 0.1) is 0 Å². The molecule has 0 bridgehead atoms. The molecule has 1 aliphatic rings. The van der Waals surface area contributed by atoms with Crippen LogP contribution in [0.2, 0.25) is 0 Å². The smallest absolute Gasteiger partial charge is 0.388 e. The van der Waals surface area contributed by atoms with Crippen molar-refractivity contribution < 1.29 is 32.9 Å². The number of β-amino-alcohol motifs (C(OH)–C–C–N with tert-alkyl or cyclic N) is 2. The third-order valence-electron chi connectivity index (χ3n) is 2.34. The summed E-state index contributed by atoms with van der Waals surface area (Å²) >= 11 is 0. The Bertz CT molecular complexity index is 261. The third kappa shape index (κ3) is 4.88. The minimum Gasteiger partial charge on any atom is -0.388 e. The maximum Gasteiger partial charge on any atom is 0.411 e. The van der Waals surface area contributed by atoms with E-state index in [0.29, 0.717) is 0 Å². The van der Waals surface area contributed by atoms with Crippen LogP contribution in [0.1, 0.15) is 6.42 Å². The first kappa shape index (κ1) is 14.2. The molecule has 2 N–H and O–H groups in total. The molecule has 1 aliphatic heterocycles. The molecule has 0 spiro atoms. The first-order chi connectivity index (χ1) is 7.79. The van der Waals surface area contributed by atoms with Gasteiger partial charge in [0.15, 0.2) is 0 Å². The van der Waals surface area contributed by atoms with E-state index in [1.54, 1.807) is 0 Å². The third-order valence-corrected chi connectivity index (χ3v) is 2.34. The molecule has 1 rings (SSSR count). The summed E-state index contributed by atoms with van der Waals surface area (Å²) in [5.74, 6) is -0.442. The summed E-state index contributed by atoms with van der Waals surface area (Å²) in [6.45, 7) is -1.72. The van der Waals surface area contributed by atoms with Crippen molar-refractivity contribution in [2.75, 3.05) is 26.3 Å². The lowest BCUT2D eigenvalue weighted by molar-refractivity contribution is -0.175. The lowest BCUT2D eigenvalue weighted by Crippen LogP contribution is -2.31. The van der Waals surface area contributed by atoms with Crippen LogP contribution in [0.15, 0.2) is 0 Å². The topological polar surface area (TPSA) is 70.0 Å². The van der Waals surface area contributed by atoms with Gasteiger partial charge in [0, 0.05) is 13.1 Å². The number of carbonyl (C=O) groups is 1. The van der Waals surface area contributed by atoms with Gasteiger partial charge in [0.05, 0.1) is 25.2 Å². The number of aliphatic hydroxyl groups excluding tert-OH is 2. The SMILES string of the molecule is O=C(CCOCC(F)(F)F)N1CC(O)C(O)C1. The number of amides is 1. The number of aliphatic hydroxyl groups is 2. The van der Waals surface area contributed by atoms with Gasteiger partial charge in [-0.1, -0.05) is 0 Å². The van der Waals surface area contributed by atoms with Gasteiger partial charge in [-0.05, 0) is 0 Å². The summed E-state index contributed by atoms with van der Waals surface area (Å²) in [5, 5.41) is 18.3. The molecule has 8 heteroatoms. The number of alkyl halides is 3. The summed E-state index contributed by atoms with van der Waals surface area (Å²) < 4.78 is 39.4. The van der Waals surface area contributed by atoms with Gasteiger partial charge < -0.3 is 19.8 Å². The van der Waals surface area contributed by atoms with Crippen LogP contribution in [0.4, 0.5) is 13.2 Å². The van der Waals surface area contributed by atoms with Crippen molar-refractivity contribution in [3.63, 3.8) is 0 Å². The van der Waals surface area contributed by atoms with Crippen molar-refractivity contribution in [1.29, 1.82) is 0 Å². The van der Waals surface area contributed by atoms with Crippen molar-refractivity contribution in [3.8, 4) is 0 Å². The standard InChI is InChI=1S/C9H14F3NO4/c10-9(11,12)5-17-2-1-8(16)13-3-6(14)7(15)4-13/h6-7,14-15H,1-5H2. The van der Waals surface area contributed by atoms with E-state index in [2.05, 4.69) is 4.74 Å². The quantitative estimate of drug-likeness (QED) is 0.667. The fourth-order valence-electron chi connectivity index (χ4n) is 1.48. The zero-order chi connectivity index (χ0) is 13.1. The molecule has 0 radical (unpaired) electrons. The zero-order valence-corrected chi connectivity index (χ0v) is 8.98. The molecule has 0 saturated carbocycles. The monoisotopic (exact) mass is 257 g/mol. The number of carbonyl (C=O) groups excluding carboxylic acids is 1. The van der Waals surface area contributed by atoms with Gasteiger partial charge in [-0.2, -0.15) is 13.2 Å². The Morgan fingerprint density at radius 1 is 1.29 bits per heavy atom. The van der Waals surface area contributed by atoms with E-state index in [9.17, 15) is 28.2 Å². The van der Waals surface area contributed by atoms with E-state index < -0.39 is 30.9 Å². The second kappa shape index (κ2) is 5.65. The van der Waals surface area contributed by atoms with Gasteiger partial charge in [-0.15, -0.1) is 0 Å². The number of likely N-dealkylation sites (tertiary alicyclic amines) is 1. The van der Waals surface area contributed by atoms with Crippen molar-refractivity contribution in [3.05, 3.63) is 0 Å². The molecule has 0 aromatic carbocycles. The highest BCUT2D eigenvalue weighted by atomic mass is 19.4. The number of ether oxygens (including phenoxy) is 1. The molecule has 1 saturated heterocycles. The second-order valence-electron chi connectivity index (χ2n) is 3.85. The van der Waals surface area contributed by atoms with Crippen LogP contribution < -0.4 is 0 Å². The molecule has 1 heterocycles. The van der Waals surface area contributed by atoms with Crippen molar-refractivity contribution in [1.82, 2.24) is 4.90 Å². The minimum atomic E-state index is -4.40. The molecule has 1 amide bonds. The molecule has 100 valence electrons. The summed E-state index contributed by atoms with van der Waals surface area (Å²) in [5.41, 5.74) is 0. The molecule has 5 nitrogen and oxygen atoms in total. The highest BCUT2D eigenvalue weighted by molar-refractivity contribution is 5.76. The Morgan fingerprint density at radius 3 is 2.29 bits per heavy atom. The zero-order valence-electron chi connectivity index (χ0n) is 8.98. The molecular formula is C9H14F3NO4. The molecule has 2 atom stereocenters. The largest absolute Gasteiger partial charge is 0.411 e. The van der Waals surface area contributed by atoms with E-state index in [4.69, 9.17) is 0 Å². The Balaban J connectivity index is 2.18. The van der Waals surface area contributed by atoms with Crippen LogP contribution in [0.5, 0.6) is 0 Å². The maximum absolute atomic E-state index is 11.7. The van der Waals surface area contributed by atoms with Crippen LogP contribution in [0.25, 0.3) is 0 Å². The summed E-state index contributed by atoms with van der Waals surface area (Å²) in [4.78, 5) is 12.6. The van der Waals surface area contributed by atoms with Crippen molar-refractivity contribution in [2.45, 2.75) is 24.8 Å². The molecule has 1 fully saturated rings. The van der Waals surface area contributed by atoms with E-state index in [1.807, 2.05) is 0 Å². The van der Waals surface area contributed by atoms with Gasteiger partial charge in [0.2, 0.25) is 5.91 Å². The second-order valence-corrected chi connectivity index (χ2v) is 3.85. The van der Waals surface area contributed by atoms with E-state index in [1.165, 1.54) is 4.90 Å². The van der Waals surface area contributed by atoms with E-state index >= 15 is 0 Å². The molecule has 17 heavy (non-hydrogen) atoms. The fraction of sp³-hybridized carbons (Fsp3) is 0.889. The van der Waals surface area contributed by atoms with Gasteiger partial charge in [0.25, 0.3) is 0 Å². The lowest BCUT2D eigenvalue weighted by Gasteiger charge is -2.15. The Kier molecular flexibility index (Phi) is 4.72. The molecule has 0 aromatic rings. The number of nitrogens with zero attached hydrogens (tertiary/aromatic N) is 1. The number of hydrogen-bond acceptors (Lipinski definition) is 4. The van der Waals surface area contributed by atoms with Crippen molar-refractivity contribution >= 4 is 5.91 Å². The predicted octanol–water partition coefficient (Wildman–Crippen LogP) is -0.481. The molecular weight excluding hydrogens is 243 g/mol. The average Bonchev–Trinajstić information content (AvgIpc) is 2.52. The Labute approximate surface area is 95.8 Å². The first-order valence-electron chi connectivity index (χ1n) is 5.08. The average molecular weight is 257 g/mol.